The number of amidine groups is 1. The molecule has 6 nitrogen and oxygen atoms in total. The molecule has 6 heteroatoms. The Balaban J connectivity index is 2.87. The van der Waals surface area contributed by atoms with Crippen molar-refractivity contribution in [1.82, 2.24) is 5.32 Å². The molecule has 0 fully saturated rings. The Bertz CT molecular complexity index is 466. The molecule has 0 unspecified atom stereocenters. The average molecular weight is 278 g/mol. The number of carbonyl (C=O) groups is 1. The molecule has 0 aliphatic heterocycles. The monoisotopic (exact) mass is 278 g/mol. The van der Waals surface area contributed by atoms with Crippen molar-refractivity contribution in [1.29, 1.82) is 0 Å². The van der Waals surface area contributed by atoms with E-state index < -0.39 is 0 Å². The van der Waals surface area contributed by atoms with Crippen molar-refractivity contribution in [3.8, 4) is 0 Å². The highest BCUT2D eigenvalue weighted by atomic mass is 16.4. The van der Waals surface area contributed by atoms with Gasteiger partial charge in [-0.3, -0.25) is 4.90 Å². The Labute approximate surface area is 119 Å². The minimum Gasteiger partial charge on any atom is -0.409 e. The van der Waals surface area contributed by atoms with Gasteiger partial charge >= 0.3 is 6.03 Å². The molecule has 0 bridgehead atoms. The number of anilines is 1. The van der Waals surface area contributed by atoms with Crippen molar-refractivity contribution in [2.45, 2.75) is 32.7 Å². The number of para-hydroxylation sites is 1. The van der Waals surface area contributed by atoms with Crippen LogP contribution < -0.4 is 16.0 Å². The van der Waals surface area contributed by atoms with Gasteiger partial charge in [0.05, 0.1) is 0 Å². The van der Waals surface area contributed by atoms with Crippen LogP contribution in [-0.4, -0.2) is 29.2 Å². The van der Waals surface area contributed by atoms with E-state index in [0.717, 1.165) is 5.69 Å². The summed E-state index contributed by atoms with van der Waals surface area (Å²) in [6.45, 7) is 6.08. The van der Waals surface area contributed by atoms with Crippen molar-refractivity contribution in [3.63, 3.8) is 0 Å². The van der Waals surface area contributed by atoms with E-state index in [2.05, 4.69) is 10.5 Å². The van der Waals surface area contributed by atoms with Gasteiger partial charge in [0.25, 0.3) is 0 Å². The normalized spacial score (nSPS) is 12.1. The van der Waals surface area contributed by atoms with Gasteiger partial charge in [-0.1, -0.05) is 23.4 Å². The number of carbonyl (C=O) groups excluding carboxylic acids is 1. The van der Waals surface area contributed by atoms with E-state index >= 15 is 0 Å². The SMILES string of the molecule is CC(C)(C)NC(=O)N(CC/C(N)=N/O)c1ccccc1. The lowest BCUT2D eigenvalue weighted by molar-refractivity contribution is 0.238. The third-order valence-corrected chi connectivity index (χ3v) is 2.51. The fraction of sp³-hybridized carbons (Fsp3) is 0.429. The number of nitrogens with zero attached hydrogens (tertiary/aromatic N) is 2. The van der Waals surface area contributed by atoms with Crippen LogP contribution in [0.1, 0.15) is 27.2 Å². The molecule has 1 aromatic carbocycles. The highest BCUT2D eigenvalue weighted by molar-refractivity contribution is 5.93. The number of rotatable bonds is 4. The lowest BCUT2D eigenvalue weighted by Gasteiger charge is -2.28. The second kappa shape index (κ2) is 6.79. The van der Waals surface area contributed by atoms with Crippen LogP contribution in [0.3, 0.4) is 0 Å². The summed E-state index contributed by atoms with van der Waals surface area (Å²) in [4.78, 5) is 13.9. The second-order valence-corrected chi connectivity index (χ2v) is 5.51. The summed E-state index contributed by atoms with van der Waals surface area (Å²) < 4.78 is 0. The van der Waals surface area contributed by atoms with Crippen LogP contribution >= 0.6 is 0 Å². The summed E-state index contributed by atoms with van der Waals surface area (Å²) in [5, 5.41) is 14.4. The number of hydrogen-bond acceptors (Lipinski definition) is 3. The van der Waals surface area contributed by atoms with Gasteiger partial charge in [-0.15, -0.1) is 0 Å². The summed E-state index contributed by atoms with van der Waals surface area (Å²) >= 11 is 0. The number of hydrogen-bond donors (Lipinski definition) is 3. The zero-order chi connectivity index (χ0) is 15.2. The molecule has 0 atom stereocenters. The molecule has 110 valence electrons. The van der Waals surface area contributed by atoms with E-state index in [4.69, 9.17) is 10.9 Å². The zero-order valence-electron chi connectivity index (χ0n) is 12.1. The summed E-state index contributed by atoms with van der Waals surface area (Å²) in [5.41, 5.74) is 5.90. The quantitative estimate of drug-likeness (QED) is 0.341. The van der Waals surface area contributed by atoms with Crippen LogP contribution in [0, 0.1) is 0 Å². The van der Waals surface area contributed by atoms with Crippen molar-refractivity contribution in [2.24, 2.45) is 10.9 Å². The predicted molar refractivity (Wildman–Crippen MR) is 80.1 cm³/mol. The predicted octanol–water partition coefficient (Wildman–Crippen LogP) is 2.14. The first-order valence-electron chi connectivity index (χ1n) is 6.44. The number of nitrogens with two attached hydrogens (primary N) is 1. The van der Waals surface area contributed by atoms with Crippen LogP contribution in [0.2, 0.25) is 0 Å². The molecule has 0 aromatic heterocycles. The van der Waals surface area contributed by atoms with Crippen LogP contribution in [0.15, 0.2) is 35.5 Å². The first-order valence-corrected chi connectivity index (χ1v) is 6.44. The third-order valence-electron chi connectivity index (χ3n) is 2.51. The van der Waals surface area contributed by atoms with Crippen LogP contribution in [0.5, 0.6) is 0 Å². The standard InChI is InChI=1S/C14H22N4O2/c1-14(2,3)16-13(19)18(10-9-12(15)17-20)11-7-5-4-6-8-11/h4-8,20H,9-10H2,1-3H3,(H2,15,17)(H,16,19). The molecule has 0 aliphatic carbocycles. The van der Waals surface area contributed by atoms with Crippen LogP contribution in [-0.2, 0) is 0 Å². The van der Waals surface area contributed by atoms with Gasteiger partial charge in [0.15, 0.2) is 0 Å². The zero-order valence-corrected chi connectivity index (χ0v) is 12.1. The van der Waals surface area contributed by atoms with Crippen molar-refractivity contribution in [2.75, 3.05) is 11.4 Å². The summed E-state index contributed by atoms with van der Waals surface area (Å²) in [5.74, 6) is 0.0921. The van der Waals surface area contributed by atoms with Gasteiger partial charge in [-0.25, -0.2) is 4.79 Å². The number of oxime groups is 1. The fourth-order valence-corrected chi connectivity index (χ4v) is 1.62. The van der Waals surface area contributed by atoms with E-state index in [9.17, 15) is 4.79 Å². The maximum Gasteiger partial charge on any atom is 0.322 e. The molecular formula is C14H22N4O2. The molecule has 0 saturated carbocycles. The second-order valence-electron chi connectivity index (χ2n) is 5.51. The smallest absolute Gasteiger partial charge is 0.322 e. The Hall–Kier alpha value is -2.24. The summed E-state index contributed by atoms with van der Waals surface area (Å²) in [7, 11) is 0. The minimum atomic E-state index is -0.333. The van der Waals surface area contributed by atoms with E-state index in [1.807, 2.05) is 51.1 Å². The van der Waals surface area contributed by atoms with Gasteiger partial charge in [0, 0.05) is 24.2 Å². The molecule has 0 radical (unpaired) electrons. The molecule has 1 rings (SSSR count). The molecule has 0 heterocycles. The van der Waals surface area contributed by atoms with Gasteiger partial charge in [0.2, 0.25) is 0 Å². The van der Waals surface area contributed by atoms with Crippen LogP contribution in [0.25, 0.3) is 0 Å². The Kier molecular flexibility index (Phi) is 5.37. The molecule has 2 amide bonds. The molecule has 0 saturated heterocycles. The maximum atomic E-state index is 12.3. The van der Waals surface area contributed by atoms with Crippen molar-refractivity contribution >= 4 is 17.6 Å². The molecule has 20 heavy (non-hydrogen) atoms. The Morgan fingerprint density at radius 3 is 2.45 bits per heavy atom. The molecular weight excluding hydrogens is 256 g/mol. The highest BCUT2D eigenvalue weighted by Crippen LogP contribution is 2.15. The van der Waals surface area contributed by atoms with Gasteiger partial charge in [0.1, 0.15) is 5.84 Å². The Morgan fingerprint density at radius 2 is 1.95 bits per heavy atom. The lowest BCUT2D eigenvalue weighted by Crippen LogP contribution is -2.49. The van der Waals surface area contributed by atoms with E-state index in [1.165, 1.54) is 0 Å². The summed E-state index contributed by atoms with van der Waals surface area (Å²) in [6, 6.07) is 9.07. The van der Waals surface area contributed by atoms with Crippen molar-refractivity contribution < 1.29 is 10.0 Å². The molecule has 0 aliphatic rings. The maximum absolute atomic E-state index is 12.3. The average Bonchev–Trinajstić information content (AvgIpc) is 2.37. The van der Waals surface area contributed by atoms with E-state index in [0.29, 0.717) is 13.0 Å². The first-order chi connectivity index (χ1) is 9.33. The Morgan fingerprint density at radius 1 is 1.35 bits per heavy atom. The largest absolute Gasteiger partial charge is 0.409 e. The topological polar surface area (TPSA) is 91.0 Å². The summed E-state index contributed by atoms with van der Waals surface area (Å²) in [6.07, 6.45) is 0.295. The van der Waals surface area contributed by atoms with Crippen molar-refractivity contribution in [3.05, 3.63) is 30.3 Å². The minimum absolute atomic E-state index is 0.0921. The van der Waals surface area contributed by atoms with Gasteiger partial charge in [-0.2, -0.15) is 0 Å². The number of benzene rings is 1. The molecule has 1 aromatic rings. The van der Waals surface area contributed by atoms with E-state index in [1.54, 1.807) is 4.90 Å². The highest BCUT2D eigenvalue weighted by Gasteiger charge is 2.20. The van der Waals surface area contributed by atoms with E-state index in [-0.39, 0.29) is 17.4 Å². The van der Waals surface area contributed by atoms with Gasteiger partial charge in [-0.05, 0) is 32.9 Å². The number of urea groups is 1. The number of nitrogens with one attached hydrogen (secondary N) is 1. The molecule has 0 spiro atoms. The molecule has 4 N–H and O–H groups in total. The first kappa shape index (κ1) is 15.8. The van der Waals surface area contributed by atoms with Gasteiger partial charge < -0.3 is 16.3 Å². The lowest BCUT2D eigenvalue weighted by atomic mass is 10.1. The fourth-order valence-electron chi connectivity index (χ4n) is 1.62. The number of amides is 2. The van der Waals surface area contributed by atoms with Crippen LogP contribution in [0.4, 0.5) is 10.5 Å². The third kappa shape index (κ3) is 5.17.